The van der Waals surface area contributed by atoms with Crippen molar-refractivity contribution in [3.8, 4) is 0 Å². The molecule has 0 spiro atoms. The van der Waals surface area contributed by atoms with E-state index in [-0.39, 0.29) is 11.9 Å². The lowest BCUT2D eigenvalue weighted by Gasteiger charge is -2.24. The van der Waals surface area contributed by atoms with Crippen LogP contribution >= 0.6 is 0 Å². The first-order valence-electron chi connectivity index (χ1n) is 8.77. The van der Waals surface area contributed by atoms with Crippen molar-refractivity contribution in [2.75, 3.05) is 11.9 Å². The number of rotatable bonds is 5. The van der Waals surface area contributed by atoms with Crippen LogP contribution in [0.1, 0.15) is 30.1 Å². The van der Waals surface area contributed by atoms with Crippen LogP contribution in [-0.4, -0.2) is 26.4 Å². The average Bonchev–Trinajstić information content (AvgIpc) is 3.13. The maximum atomic E-state index is 13.1. The third kappa shape index (κ3) is 3.86. The van der Waals surface area contributed by atoms with Crippen LogP contribution in [0.4, 0.5) is 16.2 Å². The van der Waals surface area contributed by atoms with Gasteiger partial charge in [0.1, 0.15) is 11.6 Å². The molecule has 0 radical (unpaired) electrons. The molecule has 2 aromatic heterocycles. The molecule has 3 heterocycles. The first-order valence-corrected chi connectivity index (χ1v) is 8.77. The lowest BCUT2D eigenvalue weighted by Crippen LogP contribution is -2.23. The van der Waals surface area contributed by atoms with Gasteiger partial charge in [0.05, 0.1) is 11.7 Å². The van der Waals surface area contributed by atoms with E-state index in [9.17, 15) is 4.39 Å². The number of anilines is 2. The van der Waals surface area contributed by atoms with Gasteiger partial charge in [-0.25, -0.2) is 19.3 Å². The Balaban J connectivity index is 1.50. The fourth-order valence-corrected chi connectivity index (χ4v) is 3.34. The van der Waals surface area contributed by atoms with E-state index in [4.69, 9.17) is 4.98 Å². The largest absolute Gasteiger partial charge is 0.309 e. The van der Waals surface area contributed by atoms with Crippen LogP contribution < -0.4 is 5.32 Å². The van der Waals surface area contributed by atoms with E-state index < -0.39 is 0 Å². The van der Waals surface area contributed by atoms with Crippen LogP contribution in [0.15, 0.2) is 60.9 Å². The lowest BCUT2D eigenvalue weighted by molar-refractivity contribution is 0.244. The molecule has 1 fully saturated rings. The SMILES string of the molecule is Fc1ccc(CN2CCCC2c2ccnc(Nc3ccccn3)n2)cc1. The van der Waals surface area contributed by atoms with Gasteiger partial charge in [-0.3, -0.25) is 4.90 Å². The van der Waals surface area contributed by atoms with E-state index in [1.807, 2.05) is 36.4 Å². The van der Waals surface area contributed by atoms with Crippen molar-refractivity contribution < 1.29 is 4.39 Å². The van der Waals surface area contributed by atoms with E-state index in [0.29, 0.717) is 5.95 Å². The molecule has 1 aliphatic rings. The normalized spacial score (nSPS) is 17.3. The Morgan fingerprint density at radius 1 is 1.04 bits per heavy atom. The zero-order chi connectivity index (χ0) is 17.8. The zero-order valence-electron chi connectivity index (χ0n) is 14.3. The number of aromatic nitrogens is 3. The van der Waals surface area contributed by atoms with E-state index >= 15 is 0 Å². The minimum Gasteiger partial charge on any atom is -0.309 e. The van der Waals surface area contributed by atoms with E-state index in [1.165, 1.54) is 12.1 Å². The first-order chi connectivity index (χ1) is 12.8. The fourth-order valence-electron chi connectivity index (χ4n) is 3.34. The van der Waals surface area contributed by atoms with Crippen LogP contribution in [0.25, 0.3) is 0 Å². The number of nitrogens with one attached hydrogen (secondary N) is 1. The molecule has 0 bridgehead atoms. The zero-order valence-corrected chi connectivity index (χ0v) is 14.3. The smallest absolute Gasteiger partial charge is 0.228 e. The van der Waals surface area contributed by atoms with Crippen molar-refractivity contribution in [3.05, 3.63) is 78.0 Å². The second-order valence-corrected chi connectivity index (χ2v) is 6.40. The molecule has 1 N–H and O–H groups in total. The van der Waals surface area contributed by atoms with Crippen molar-refractivity contribution >= 4 is 11.8 Å². The minimum atomic E-state index is -0.201. The van der Waals surface area contributed by atoms with Crippen LogP contribution in [0.5, 0.6) is 0 Å². The molecule has 26 heavy (non-hydrogen) atoms. The summed E-state index contributed by atoms with van der Waals surface area (Å²) >= 11 is 0. The van der Waals surface area contributed by atoms with Gasteiger partial charge in [0.25, 0.3) is 0 Å². The predicted molar refractivity (Wildman–Crippen MR) is 98.3 cm³/mol. The van der Waals surface area contributed by atoms with Gasteiger partial charge in [-0.15, -0.1) is 0 Å². The first kappa shape index (κ1) is 16.6. The highest BCUT2D eigenvalue weighted by Crippen LogP contribution is 2.32. The van der Waals surface area contributed by atoms with Crippen LogP contribution in [0, 0.1) is 5.82 Å². The molecule has 0 aliphatic carbocycles. The number of nitrogens with zero attached hydrogens (tertiary/aromatic N) is 4. The predicted octanol–water partition coefficient (Wildman–Crippen LogP) is 4.09. The molecule has 3 aromatic rings. The maximum absolute atomic E-state index is 13.1. The number of hydrogen-bond acceptors (Lipinski definition) is 5. The van der Waals surface area contributed by atoms with Gasteiger partial charge in [-0.2, -0.15) is 0 Å². The molecular formula is C20H20FN5. The van der Waals surface area contributed by atoms with Crippen LogP contribution in [0.2, 0.25) is 0 Å². The second kappa shape index (κ2) is 7.58. The molecule has 1 unspecified atom stereocenters. The monoisotopic (exact) mass is 349 g/mol. The Morgan fingerprint density at radius 2 is 1.92 bits per heavy atom. The third-order valence-corrected chi connectivity index (χ3v) is 4.59. The van der Waals surface area contributed by atoms with Gasteiger partial charge in [0.15, 0.2) is 0 Å². The number of pyridine rings is 1. The molecule has 1 saturated heterocycles. The highest BCUT2D eigenvalue weighted by Gasteiger charge is 2.27. The Kier molecular flexibility index (Phi) is 4.84. The average molecular weight is 349 g/mol. The van der Waals surface area contributed by atoms with Crippen LogP contribution in [-0.2, 0) is 6.54 Å². The summed E-state index contributed by atoms with van der Waals surface area (Å²) in [5.41, 5.74) is 2.11. The van der Waals surface area contributed by atoms with Gasteiger partial charge in [-0.1, -0.05) is 18.2 Å². The number of benzene rings is 1. The molecule has 5 nitrogen and oxygen atoms in total. The summed E-state index contributed by atoms with van der Waals surface area (Å²) < 4.78 is 13.1. The van der Waals surface area contributed by atoms with Gasteiger partial charge < -0.3 is 5.32 Å². The molecular weight excluding hydrogens is 329 g/mol. The molecule has 1 aliphatic heterocycles. The highest BCUT2D eigenvalue weighted by molar-refractivity contribution is 5.46. The standard InChI is InChI=1S/C20H20FN5/c21-16-8-6-15(7-9-16)14-26-13-3-4-18(26)17-10-12-23-20(24-17)25-19-5-1-2-11-22-19/h1-2,5-12,18H,3-4,13-14H2,(H,22,23,24,25). The molecule has 132 valence electrons. The Bertz CT molecular complexity index is 854. The van der Waals surface area contributed by atoms with E-state index in [0.717, 1.165) is 43.0 Å². The third-order valence-electron chi connectivity index (χ3n) is 4.59. The van der Waals surface area contributed by atoms with Crippen molar-refractivity contribution in [1.82, 2.24) is 19.9 Å². The topological polar surface area (TPSA) is 53.9 Å². The number of likely N-dealkylation sites (tertiary alicyclic amines) is 1. The second-order valence-electron chi connectivity index (χ2n) is 6.40. The summed E-state index contributed by atoms with van der Waals surface area (Å²) in [5, 5.41) is 3.15. The number of hydrogen-bond donors (Lipinski definition) is 1. The van der Waals surface area contributed by atoms with Crippen LogP contribution in [0.3, 0.4) is 0 Å². The molecule has 6 heteroatoms. The molecule has 1 aromatic carbocycles. The quantitative estimate of drug-likeness (QED) is 0.752. The summed E-state index contributed by atoms with van der Waals surface area (Å²) in [6, 6.07) is 14.6. The molecule has 1 atom stereocenters. The Hall–Kier alpha value is -2.86. The van der Waals surface area contributed by atoms with Crippen molar-refractivity contribution in [1.29, 1.82) is 0 Å². The van der Waals surface area contributed by atoms with Crippen molar-refractivity contribution in [3.63, 3.8) is 0 Å². The van der Waals surface area contributed by atoms with Gasteiger partial charge >= 0.3 is 0 Å². The molecule has 0 saturated carbocycles. The molecule has 0 amide bonds. The van der Waals surface area contributed by atoms with E-state index in [2.05, 4.69) is 20.2 Å². The Morgan fingerprint density at radius 3 is 2.73 bits per heavy atom. The molecule has 4 rings (SSSR count). The van der Waals surface area contributed by atoms with Crippen molar-refractivity contribution in [2.45, 2.75) is 25.4 Å². The Labute approximate surface area is 151 Å². The fraction of sp³-hybridized carbons (Fsp3) is 0.250. The number of halogens is 1. The van der Waals surface area contributed by atoms with Gasteiger partial charge in [0.2, 0.25) is 5.95 Å². The van der Waals surface area contributed by atoms with Gasteiger partial charge in [0, 0.05) is 18.9 Å². The van der Waals surface area contributed by atoms with E-state index in [1.54, 1.807) is 12.4 Å². The maximum Gasteiger partial charge on any atom is 0.228 e. The van der Waals surface area contributed by atoms with Gasteiger partial charge in [-0.05, 0) is 55.3 Å². The summed E-state index contributed by atoms with van der Waals surface area (Å²) in [6.45, 7) is 1.80. The summed E-state index contributed by atoms with van der Waals surface area (Å²) in [7, 11) is 0. The summed E-state index contributed by atoms with van der Waals surface area (Å²) in [5.74, 6) is 1.07. The minimum absolute atomic E-state index is 0.201. The highest BCUT2D eigenvalue weighted by atomic mass is 19.1. The lowest BCUT2D eigenvalue weighted by atomic mass is 10.1. The summed E-state index contributed by atoms with van der Waals surface area (Å²) in [4.78, 5) is 15.6. The summed E-state index contributed by atoms with van der Waals surface area (Å²) in [6.07, 6.45) is 5.69. The van der Waals surface area contributed by atoms with Crippen molar-refractivity contribution in [2.24, 2.45) is 0 Å².